The number of hydrogen-bond donors (Lipinski definition) is 1. The molecule has 0 bridgehead atoms. The van der Waals surface area contributed by atoms with E-state index in [2.05, 4.69) is 35.2 Å². The lowest BCUT2D eigenvalue weighted by Gasteiger charge is -2.33. The van der Waals surface area contributed by atoms with Crippen LogP contribution < -0.4 is 4.90 Å². The number of benzene rings is 2. The van der Waals surface area contributed by atoms with Crippen LogP contribution in [0.5, 0.6) is 0 Å². The largest absolute Gasteiger partial charge is 0.340 e. The maximum Gasteiger partial charge on any atom is 0.0567 e. The average Bonchev–Trinajstić information content (AvgIpc) is 2.46. The summed E-state index contributed by atoms with van der Waals surface area (Å²) in [5.41, 5.74) is 2.35. The van der Waals surface area contributed by atoms with Crippen LogP contribution in [0.25, 0.3) is 0 Å². The van der Waals surface area contributed by atoms with Gasteiger partial charge in [0.2, 0.25) is 0 Å². The van der Waals surface area contributed by atoms with Gasteiger partial charge >= 0.3 is 0 Å². The molecule has 0 aromatic heterocycles. The Bertz CT molecular complexity index is 648. The second-order valence-corrected chi connectivity index (χ2v) is 6.59. The van der Waals surface area contributed by atoms with Gasteiger partial charge in [0, 0.05) is 35.0 Å². The van der Waals surface area contributed by atoms with Crippen LogP contribution in [0.3, 0.4) is 0 Å². The highest BCUT2D eigenvalue weighted by atomic mass is 35.5. The minimum absolute atomic E-state index is 0.641. The van der Waals surface area contributed by atoms with Crippen molar-refractivity contribution in [3.63, 3.8) is 0 Å². The van der Waals surface area contributed by atoms with Gasteiger partial charge in [0.25, 0.3) is 0 Å². The van der Waals surface area contributed by atoms with Crippen molar-refractivity contribution < 1.29 is 5.21 Å². The summed E-state index contributed by atoms with van der Waals surface area (Å²) in [6.07, 6.45) is 0.873. The third-order valence-electron chi connectivity index (χ3n) is 3.45. The Morgan fingerprint density at radius 2 is 1.90 bits per heavy atom. The molecule has 110 valence electrons. The Labute approximate surface area is 134 Å². The van der Waals surface area contributed by atoms with Crippen LogP contribution in [0.15, 0.2) is 52.3 Å². The Morgan fingerprint density at radius 1 is 1.14 bits per heavy atom. The van der Waals surface area contributed by atoms with E-state index in [1.807, 2.05) is 12.1 Å². The van der Waals surface area contributed by atoms with Gasteiger partial charge in [-0.3, -0.25) is 0 Å². The number of rotatable bonds is 4. The van der Waals surface area contributed by atoms with E-state index >= 15 is 0 Å². The fraction of sp³-hybridized carbons (Fsp3) is 0.250. The number of hydrogen-bond acceptors (Lipinski definition) is 4. The Kier molecular flexibility index (Phi) is 4.40. The molecule has 0 saturated carbocycles. The summed E-state index contributed by atoms with van der Waals surface area (Å²) in [6, 6.07) is 14.4. The predicted molar refractivity (Wildman–Crippen MR) is 88.1 cm³/mol. The average molecular weight is 321 g/mol. The van der Waals surface area contributed by atoms with E-state index in [4.69, 9.17) is 11.6 Å². The lowest BCUT2D eigenvalue weighted by atomic mass is 10.2. The van der Waals surface area contributed by atoms with E-state index in [0.717, 1.165) is 23.7 Å². The van der Waals surface area contributed by atoms with Gasteiger partial charge in [-0.15, -0.1) is 0 Å². The van der Waals surface area contributed by atoms with Gasteiger partial charge in [-0.25, -0.2) is 0 Å². The molecule has 1 aliphatic heterocycles. The zero-order valence-electron chi connectivity index (χ0n) is 11.8. The van der Waals surface area contributed by atoms with Gasteiger partial charge in [-0.05, 0) is 36.8 Å². The molecule has 1 heterocycles. The highest BCUT2D eigenvalue weighted by Gasteiger charge is 2.22. The standard InChI is InChI=1S/C16H17ClN2OS/c1-18(20)9-4-10-19-13-5-2-3-6-15(13)21-16-8-7-12(17)11-14(16)19/h2-3,5-8,11,20H,4,9-10H2,1H3. The Hall–Kier alpha value is -1.20. The van der Waals surface area contributed by atoms with Crippen LogP contribution in [0.4, 0.5) is 11.4 Å². The first-order valence-corrected chi connectivity index (χ1v) is 8.08. The topological polar surface area (TPSA) is 26.7 Å². The maximum atomic E-state index is 9.31. The summed E-state index contributed by atoms with van der Waals surface area (Å²) in [4.78, 5) is 4.76. The van der Waals surface area contributed by atoms with Crippen molar-refractivity contribution in [2.45, 2.75) is 16.2 Å². The van der Waals surface area contributed by atoms with Gasteiger partial charge in [0.05, 0.1) is 11.4 Å². The summed E-state index contributed by atoms with van der Waals surface area (Å²) in [5, 5.41) is 11.3. The molecular weight excluding hydrogens is 304 g/mol. The molecule has 5 heteroatoms. The molecule has 2 aromatic rings. The van der Waals surface area contributed by atoms with Crippen molar-refractivity contribution in [1.82, 2.24) is 5.06 Å². The quantitative estimate of drug-likeness (QED) is 0.829. The zero-order valence-corrected chi connectivity index (χ0v) is 13.4. The molecule has 0 radical (unpaired) electrons. The minimum Gasteiger partial charge on any atom is -0.340 e. The molecule has 0 fully saturated rings. The maximum absolute atomic E-state index is 9.31. The van der Waals surface area contributed by atoms with Crippen LogP contribution in [-0.4, -0.2) is 30.4 Å². The summed E-state index contributed by atoms with van der Waals surface area (Å²) in [5.74, 6) is 0. The molecule has 1 aliphatic rings. The summed E-state index contributed by atoms with van der Waals surface area (Å²) < 4.78 is 0. The number of fused-ring (bicyclic) bond motifs is 2. The Morgan fingerprint density at radius 3 is 2.71 bits per heavy atom. The molecule has 3 nitrogen and oxygen atoms in total. The van der Waals surface area contributed by atoms with E-state index < -0.39 is 0 Å². The van der Waals surface area contributed by atoms with Crippen molar-refractivity contribution in [1.29, 1.82) is 0 Å². The number of nitrogens with zero attached hydrogens (tertiary/aromatic N) is 2. The highest BCUT2D eigenvalue weighted by Crippen LogP contribution is 2.48. The second kappa shape index (κ2) is 6.28. The fourth-order valence-electron chi connectivity index (χ4n) is 2.50. The molecule has 1 N–H and O–H groups in total. The molecule has 2 aromatic carbocycles. The van der Waals surface area contributed by atoms with Gasteiger partial charge in [0.1, 0.15) is 0 Å². The predicted octanol–water partition coefficient (Wildman–Crippen LogP) is 4.65. The van der Waals surface area contributed by atoms with Crippen molar-refractivity contribution >= 4 is 34.7 Å². The van der Waals surface area contributed by atoms with Crippen molar-refractivity contribution in [2.75, 3.05) is 25.0 Å². The van der Waals surface area contributed by atoms with E-state index in [1.165, 1.54) is 20.5 Å². The molecule has 0 spiro atoms. The first kappa shape index (κ1) is 14.7. The van der Waals surface area contributed by atoms with E-state index in [-0.39, 0.29) is 0 Å². The molecule has 0 saturated heterocycles. The monoisotopic (exact) mass is 320 g/mol. The normalized spacial score (nSPS) is 13.2. The molecule has 0 amide bonds. The molecule has 0 unspecified atom stereocenters. The van der Waals surface area contributed by atoms with Crippen LogP contribution in [0.2, 0.25) is 5.02 Å². The third-order valence-corrected chi connectivity index (χ3v) is 4.82. The van der Waals surface area contributed by atoms with Crippen LogP contribution >= 0.6 is 23.4 Å². The van der Waals surface area contributed by atoms with E-state index in [9.17, 15) is 5.21 Å². The molecule has 3 rings (SSSR count). The second-order valence-electron chi connectivity index (χ2n) is 5.07. The van der Waals surface area contributed by atoms with Gasteiger partial charge in [-0.2, -0.15) is 5.06 Å². The Balaban J connectivity index is 1.94. The zero-order chi connectivity index (χ0) is 14.8. The number of halogens is 1. The first-order valence-electron chi connectivity index (χ1n) is 6.89. The summed E-state index contributed by atoms with van der Waals surface area (Å²) in [7, 11) is 1.67. The fourth-order valence-corrected chi connectivity index (χ4v) is 3.74. The molecule has 21 heavy (non-hydrogen) atoms. The number of anilines is 2. The van der Waals surface area contributed by atoms with Crippen LogP contribution in [0, 0.1) is 0 Å². The number of para-hydroxylation sites is 1. The van der Waals surface area contributed by atoms with Gasteiger partial charge in [0.15, 0.2) is 0 Å². The first-order chi connectivity index (χ1) is 10.1. The van der Waals surface area contributed by atoms with Crippen molar-refractivity contribution in [3.05, 3.63) is 47.5 Å². The molecular formula is C16H17ClN2OS. The van der Waals surface area contributed by atoms with Gasteiger partial charge in [-0.1, -0.05) is 35.5 Å². The SMILES string of the molecule is CN(O)CCCN1c2ccccc2Sc2ccc(Cl)cc21. The van der Waals surface area contributed by atoms with Crippen molar-refractivity contribution in [3.8, 4) is 0 Å². The van der Waals surface area contributed by atoms with Crippen LogP contribution in [0.1, 0.15) is 6.42 Å². The number of hydroxylamine groups is 2. The lowest BCUT2D eigenvalue weighted by molar-refractivity contribution is -0.0646. The third kappa shape index (κ3) is 3.19. The summed E-state index contributed by atoms with van der Waals surface area (Å²) >= 11 is 7.94. The highest BCUT2D eigenvalue weighted by molar-refractivity contribution is 7.99. The van der Waals surface area contributed by atoms with Crippen molar-refractivity contribution in [2.24, 2.45) is 0 Å². The van der Waals surface area contributed by atoms with Crippen LogP contribution in [-0.2, 0) is 0 Å². The molecule has 0 aliphatic carbocycles. The smallest absolute Gasteiger partial charge is 0.0567 e. The van der Waals surface area contributed by atoms with E-state index in [0.29, 0.717) is 6.54 Å². The summed E-state index contributed by atoms with van der Waals surface area (Å²) in [6.45, 7) is 1.48. The minimum atomic E-state index is 0.641. The lowest BCUT2D eigenvalue weighted by Crippen LogP contribution is -2.25. The molecule has 0 atom stereocenters. The van der Waals surface area contributed by atoms with Gasteiger partial charge < -0.3 is 10.1 Å². The van der Waals surface area contributed by atoms with E-state index in [1.54, 1.807) is 18.8 Å².